The normalized spacial score (nSPS) is 18.1. The molecule has 1 aliphatic rings. The van der Waals surface area contributed by atoms with E-state index in [4.69, 9.17) is 10.6 Å². The lowest BCUT2D eigenvalue weighted by molar-refractivity contribution is 0.397. The second kappa shape index (κ2) is 4.29. The Balaban J connectivity index is 2.08. The molecule has 1 aromatic heterocycles. The zero-order chi connectivity index (χ0) is 9.97. The highest BCUT2D eigenvalue weighted by molar-refractivity contribution is 7.10. The smallest absolute Gasteiger partial charge is 0.134 e. The van der Waals surface area contributed by atoms with Crippen molar-refractivity contribution >= 4 is 11.3 Å². The molecule has 78 valence electrons. The number of ether oxygens (including phenoxy) is 1. The van der Waals surface area contributed by atoms with Gasteiger partial charge in [0.25, 0.3) is 0 Å². The van der Waals surface area contributed by atoms with Gasteiger partial charge in [0.05, 0.1) is 18.0 Å². The molecule has 0 aromatic carbocycles. The maximum atomic E-state index is 5.56. The lowest BCUT2D eigenvalue weighted by atomic mass is 10.1. The van der Waals surface area contributed by atoms with E-state index in [-0.39, 0.29) is 6.04 Å². The molecule has 1 atom stereocenters. The maximum Gasteiger partial charge on any atom is 0.134 e. The summed E-state index contributed by atoms with van der Waals surface area (Å²) in [6, 6.07) is 2.26. The van der Waals surface area contributed by atoms with Crippen LogP contribution in [0.1, 0.15) is 30.2 Å². The lowest BCUT2D eigenvalue weighted by Crippen LogP contribution is -2.28. The number of nitrogens with one attached hydrogen (secondary N) is 1. The fourth-order valence-corrected chi connectivity index (χ4v) is 2.60. The summed E-state index contributed by atoms with van der Waals surface area (Å²) < 4.78 is 5.28. The standard InChI is InChI=1S/C10H16N2OS/c1-13-9-4-5-14-10(9)8(12-11)6-7-2-3-7/h4-5,7-8,12H,2-3,6,11H2,1H3. The highest BCUT2D eigenvalue weighted by Gasteiger charge is 2.27. The molecule has 1 saturated carbocycles. The molecule has 0 radical (unpaired) electrons. The summed E-state index contributed by atoms with van der Waals surface area (Å²) in [5.41, 5.74) is 2.88. The van der Waals surface area contributed by atoms with Gasteiger partial charge in [-0.25, -0.2) is 0 Å². The molecular formula is C10H16N2OS. The van der Waals surface area contributed by atoms with E-state index in [0.717, 1.165) is 18.1 Å². The molecule has 1 unspecified atom stereocenters. The van der Waals surface area contributed by atoms with Crippen LogP contribution in [-0.2, 0) is 0 Å². The van der Waals surface area contributed by atoms with Crippen LogP contribution in [0, 0.1) is 5.92 Å². The zero-order valence-corrected chi connectivity index (χ0v) is 9.14. The molecule has 3 N–H and O–H groups in total. The first kappa shape index (κ1) is 9.96. The van der Waals surface area contributed by atoms with Crippen molar-refractivity contribution in [1.82, 2.24) is 5.43 Å². The van der Waals surface area contributed by atoms with Crippen LogP contribution >= 0.6 is 11.3 Å². The van der Waals surface area contributed by atoms with Gasteiger partial charge in [0.1, 0.15) is 5.75 Å². The van der Waals surface area contributed by atoms with Crippen LogP contribution in [0.15, 0.2) is 11.4 Å². The summed E-state index contributed by atoms with van der Waals surface area (Å²) in [6.45, 7) is 0. The van der Waals surface area contributed by atoms with Crippen LogP contribution in [0.2, 0.25) is 0 Å². The number of hydrogen-bond donors (Lipinski definition) is 2. The Labute approximate surface area is 88.2 Å². The molecule has 0 spiro atoms. The van der Waals surface area contributed by atoms with Crippen molar-refractivity contribution in [3.63, 3.8) is 0 Å². The first-order valence-corrected chi connectivity index (χ1v) is 5.80. The molecular weight excluding hydrogens is 196 g/mol. The highest BCUT2D eigenvalue weighted by atomic mass is 32.1. The van der Waals surface area contributed by atoms with Gasteiger partial charge in [-0.2, -0.15) is 0 Å². The minimum absolute atomic E-state index is 0.262. The van der Waals surface area contributed by atoms with E-state index in [1.54, 1.807) is 18.4 Å². The Morgan fingerprint density at radius 3 is 3.07 bits per heavy atom. The molecule has 1 fully saturated rings. The van der Waals surface area contributed by atoms with Crippen LogP contribution in [0.5, 0.6) is 5.75 Å². The van der Waals surface area contributed by atoms with Crippen molar-refractivity contribution in [1.29, 1.82) is 0 Å². The molecule has 0 saturated heterocycles. The average molecular weight is 212 g/mol. The predicted molar refractivity (Wildman–Crippen MR) is 58.3 cm³/mol. The lowest BCUT2D eigenvalue weighted by Gasteiger charge is -2.15. The minimum atomic E-state index is 0.262. The maximum absolute atomic E-state index is 5.56. The van der Waals surface area contributed by atoms with E-state index in [0.29, 0.717) is 0 Å². The first-order chi connectivity index (χ1) is 6.85. The molecule has 1 aliphatic carbocycles. The molecule has 1 heterocycles. The number of nitrogens with two attached hydrogens (primary N) is 1. The molecule has 3 nitrogen and oxygen atoms in total. The van der Waals surface area contributed by atoms with Gasteiger partial charge >= 0.3 is 0 Å². The summed E-state index contributed by atoms with van der Waals surface area (Å²) in [7, 11) is 1.70. The molecule has 14 heavy (non-hydrogen) atoms. The van der Waals surface area contributed by atoms with Crippen LogP contribution in [0.3, 0.4) is 0 Å². The molecule has 4 heteroatoms. The summed E-state index contributed by atoms with van der Waals surface area (Å²) in [6.07, 6.45) is 3.84. The highest BCUT2D eigenvalue weighted by Crippen LogP contribution is 2.41. The molecule has 0 aliphatic heterocycles. The number of rotatable bonds is 5. The number of hydrogen-bond acceptors (Lipinski definition) is 4. The van der Waals surface area contributed by atoms with Gasteiger partial charge < -0.3 is 4.74 Å². The molecule has 0 amide bonds. The summed E-state index contributed by atoms with van der Waals surface area (Å²) in [5.74, 6) is 7.39. The SMILES string of the molecule is COc1ccsc1C(CC1CC1)NN. The monoisotopic (exact) mass is 212 g/mol. The van der Waals surface area contributed by atoms with E-state index >= 15 is 0 Å². The number of hydrazine groups is 1. The van der Waals surface area contributed by atoms with E-state index in [1.807, 2.05) is 11.4 Å². The minimum Gasteiger partial charge on any atom is -0.496 e. The summed E-state index contributed by atoms with van der Waals surface area (Å²) in [5, 5.41) is 2.05. The third kappa shape index (κ3) is 2.08. The van der Waals surface area contributed by atoms with Crippen molar-refractivity contribution in [2.75, 3.05) is 7.11 Å². The Morgan fingerprint density at radius 1 is 1.71 bits per heavy atom. The van der Waals surface area contributed by atoms with E-state index in [1.165, 1.54) is 17.7 Å². The fourth-order valence-electron chi connectivity index (χ4n) is 1.67. The second-order valence-corrected chi connectivity index (χ2v) is 4.70. The number of methoxy groups -OCH3 is 1. The van der Waals surface area contributed by atoms with Gasteiger partial charge in [-0.3, -0.25) is 11.3 Å². The van der Waals surface area contributed by atoms with Crippen molar-refractivity contribution < 1.29 is 4.74 Å². The summed E-state index contributed by atoms with van der Waals surface area (Å²) in [4.78, 5) is 1.22. The molecule has 0 bridgehead atoms. The third-order valence-corrected chi connectivity index (χ3v) is 3.67. The first-order valence-electron chi connectivity index (χ1n) is 4.92. The van der Waals surface area contributed by atoms with Crippen molar-refractivity contribution in [3.8, 4) is 5.75 Å². The van der Waals surface area contributed by atoms with Crippen molar-refractivity contribution in [2.24, 2.45) is 11.8 Å². The predicted octanol–water partition coefficient (Wildman–Crippen LogP) is 2.06. The summed E-state index contributed by atoms with van der Waals surface area (Å²) >= 11 is 1.71. The Bertz CT molecular complexity index is 296. The Kier molecular flexibility index (Phi) is 3.05. The second-order valence-electron chi connectivity index (χ2n) is 3.75. The van der Waals surface area contributed by atoms with E-state index in [2.05, 4.69) is 5.43 Å². The van der Waals surface area contributed by atoms with Gasteiger partial charge in [-0.1, -0.05) is 12.8 Å². The van der Waals surface area contributed by atoms with Crippen LogP contribution in [0.25, 0.3) is 0 Å². The van der Waals surface area contributed by atoms with Crippen LogP contribution in [0.4, 0.5) is 0 Å². The number of thiophene rings is 1. The van der Waals surface area contributed by atoms with Crippen molar-refractivity contribution in [2.45, 2.75) is 25.3 Å². The third-order valence-electron chi connectivity index (χ3n) is 2.66. The molecule has 1 aromatic rings. The van der Waals surface area contributed by atoms with Gasteiger partial charge in [0.2, 0.25) is 0 Å². The van der Waals surface area contributed by atoms with E-state index in [9.17, 15) is 0 Å². The van der Waals surface area contributed by atoms with Crippen LogP contribution in [-0.4, -0.2) is 7.11 Å². The fraction of sp³-hybridized carbons (Fsp3) is 0.600. The van der Waals surface area contributed by atoms with Crippen molar-refractivity contribution in [3.05, 3.63) is 16.3 Å². The zero-order valence-electron chi connectivity index (χ0n) is 8.32. The van der Waals surface area contributed by atoms with Gasteiger partial charge in [0, 0.05) is 0 Å². The average Bonchev–Trinajstić information content (AvgIpc) is 2.90. The quantitative estimate of drug-likeness (QED) is 0.580. The van der Waals surface area contributed by atoms with E-state index < -0.39 is 0 Å². The topological polar surface area (TPSA) is 47.3 Å². The largest absolute Gasteiger partial charge is 0.496 e. The Hall–Kier alpha value is -0.580. The Morgan fingerprint density at radius 2 is 2.50 bits per heavy atom. The van der Waals surface area contributed by atoms with Crippen LogP contribution < -0.4 is 16.0 Å². The van der Waals surface area contributed by atoms with Gasteiger partial charge in [0.15, 0.2) is 0 Å². The van der Waals surface area contributed by atoms with Gasteiger partial charge in [-0.05, 0) is 23.8 Å². The molecule has 2 rings (SSSR count). The van der Waals surface area contributed by atoms with Gasteiger partial charge in [-0.15, -0.1) is 11.3 Å².